The number of unbranched alkanes of at least 4 members (excludes halogenated alkanes) is 1. The van der Waals surface area contributed by atoms with Crippen LogP contribution >= 0.6 is 0 Å². The Morgan fingerprint density at radius 3 is 3.08 bits per heavy atom. The van der Waals surface area contributed by atoms with Gasteiger partial charge in [0.25, 0.3) is 0 Å². The van der Waals surface area contributed by atoms with E-state index in [4.69, 9.17) is 11.2 Å². The molecule has 1 aliphatic heterocycles. The minimum absolute atomic E-state index is 0.203. The molecule has 1 heterocycles. The standard InChI is InChI=1S/C10H17NO/c1-3-4-5-7-11-10(2)6-8-12-9-10/h1,11H,4-9H2,2H3. The van der Waals surface area contributed by atoms with E-state index in [9.17, 15) is 0 Å². The third-order valence-electron chi connectivity index (χ3n) is 2.27. The van der Waals surface area contributed by atoms with Crippen molar-refractivity contribution in [1.82, 2.24) is 5.32 Å². The molecule has 0 amide bonds. The Morgan fingerprint density at radius 1 is 1.67 bits per heavy atom. The van der Waals surface area contributed by atoms with Gasteiger partial charge in [-0.25, -0.2) is 0 Å². The van der Waals surface area contributed by atoms with Crippen molar-refractivity contribution in [3.63, 3.8) is 0 Å². The third kappa shape index (κ3) is 2.84. The van der Waals surface area contributed by atoms with Crippen LogP contribution in [0.1, 0.15) is 26.2 Å². The molecular formula is C10H17NO. The number of hydrogen-bond donors (Lipinski definition) is 1. The Bertz CT molecular complexity index is 165. The minimum Gasteiger partial charge on any atom is -0.379 e. The van der Waals surface area contributed by atoms with Crippen LogP contribution in [0.5, 0.6) is 0 Å². The zero-order valence-corrected chi connectivity index (χ0v) is 7.73. The molecule has 1 saturated heterocycles. The van der Waals surface area contributed by atoms with Crippen molar-refractivity contribution in [2.24, 2.45) is 0 Å². The van der Waals surface area contributed by atoms with Crippen molar-refractivity contribution in [2.45, 2.75) is 31.7 Å². The van der Waals surface area contributed by atoms with Gasteiger partial charge in [-0.3, -0.25) is 0 Å². The first-order valence-electron chi connectivity index (χ1n) is 4.53. The lowest BCUT2D eigenvalue weighted by molar-refractivity contribution is 0.172. The first kappa shape index (κ1) is 9.57. The quantitative estimate of drug-likeness (QED) is 0.501. The molecule has 0 radical (unpaired) electrons. The smallest absolute Gasteiger partial charge is 0.0646 e. The molecule has 2 nitrogen and oxygen atoms in total. The SMILES string of the molecule is C#CCCCNC1(C)CCOC1. The molecule has 0 aromatic carbocycles. The van der Waals surface area contributed by atoms with Gasteiger partial charge in [-0.1, -0.05) is 0 Å². The molecule has 2 heteroatoms. The van der Waals surface area contributed by atoms with Crippen LogP contribution in [0.4, 0.5) is 0 Å². The van der Waals surface area contributed by atoms with Gasteiger partial charge < -0.3 is 10.1 Å². The Kier molecular flexibility index (Phi) is 3.58. The van der Waals surface area contributed by atoms with Gasteiger partial charge in [0.1, 0.15) is 0 Å². The lowest BCUT2D eigenvalue weighted by Gasteiger charge is -2.23. The summed E-state index contributed by atoms with van der Waals surface area (Å²) in [4.78, 5) is 0. The lowest BCUT2D eigenvalue weighted by Crippen LogP contribution is -2.43. The highest BCUT2D eigenvalue weighted by Gasteiger charge is 2.28. The maximum Gasteiger partial charge on any atom is 0.0646 e. The minimum atomic E-state index is 0.203. The van der Waals surface area contributed by atoms with Crippen molar-refractivity contribution in [3.05, 3.63) is 0 Å². The Hall–Kier alpha value is -0.520. The van der Waals surface area contributed by atoms with E-state index in [-0.39, 0.29) is 5.54 Å². The van der Waals surface area contributed by atoms with Crippen molar-refractivity contribution in [2.75, 3.05) is 19.8 Å². The van der Waals surface area contributed by atoms with Gasteiger partial charge in [-0.2, -0.15) is 0 Å². The Morgan fingerprint density at radius 2 is 2.50 bits per heavy atom. The molecule has 0 aromatic rings. The van der Waals surface area contributed by atoms with E-state index in [0.29, 0.717) is 0 Å². The third-order valence-corrected chi connectivity index (χ3v) is 2.27. The van der Waals surface area contributed by atoms with Crippen LogP contribution < -0.4 is 5.32 Å². The van der Waals surface area contributed by atoms with E-state index in [0.717, 1.165) is 39.0 Å². The van der Waals surface area contributed by atoms with Crippen molar-refractivity contribution < 1.29 is 4.74 Å². The van der Waals surface area contributed by atoms with Crippen LogP contribution in [0.25, 0.3) is 0 Å². The summed E-state index contributed by atoms with van der Waals surface area (Å²) in [5.41, 5.74) is 0.203. The van der Waals surface area contributed by atoms with E-state index in [2.05, 4.69) is 18.2 Å². The van der Waals surface area contributed by atoms with Gasteiger partial charge in [0.2, 0.25) is 0 Å². The Labute approximate surface area is 74.7 Å². The summed E-state index contributed by atoms with van der Waals surface area (Å²) in [5.74, 6) is 2.63. The van der Waals surface area contributed by atoms with Gasteiger partial charge >= 0.3 is 0 Å². The molecule has 1 atom stereocenters. The topological polar surface area (TPSA) is 21.3 Å². The zero-order valence-electron chi connectivity index (χ0n) is 7.73. The second kappa shape index (κ2) is 4.49. The second-order valence-electron chi connectivity index (χ2n) is 3.60. The van der Waals surface area contributed by atoms with Crippen LogP contribution in [0.2, 0.25) is 0 Å². The predicted octanol–water partition coefficient (Wildman–Crippen LogP) is 1.17. The summed E-state index contributed by atoms with van der Waals surface area (Å²) < 4.78 is 5.31. The van der Waals surface area contributed by atoms with E-state index in [1.165, 1.54) is 0 Å². The van der Waals surface area contributed by atoms with Crippen LogP contribution in [-0.4, -0.2) is 25.3 Å². The van der Waals surface area contributed by atoms with E-state index in [1.54, 1.807) is 0 Å². The number of rotatable bonds is 4. The highest BCUT2D eigenvalue weighted by molar-refractivity contribution is 4.88. The maximum absolute atomic E-state index is 5.31. The number of terminal acetylenes is 1. The molecule has 1 rings (SSSR count). The van der Waals surface area contributed by atoms with E-state index >= 15 is 0 Å². The van der Waals surface area contributed by atoms with Crippen LogP contribution in [0.15, 0.2) is 0 Å². The first-order valence-corrected chi connectivity index (χ1v) is 4.53. The van der Waals surface area contributed by atoms with Gasteiger partial charge in [0.15, 0.2) is 0 Å². The normalized spacial score (nSPS) is 28.7. The number of ether oxygens (including phenoxy) is 1. The Balaban J connectivity index is 2.09. The lowest BCUT2D eigenvalue weighted by atomic mass is 10.0. The summed E-state index contributed by atoms with van der Waals surface area (Å²) in [7, 11) is 0. The van der Waals surface area contributed by atoms with Crippen molar-refractivity contribution in [3.8, 4) is 12.3 Å². The largest absolute Gasteiger partial charge is 0.379 e. The monoisotopic (exact) mass is 167 g/mol. The van der Waals surface area contributed by atoms with E-state index < -0.39 is 0 Å². The molecule has 12 heavy (non-hydrogen) atoms. The fraction of sp³-hybridized carbons (Fsp3) is 0.800. The molecule has 1 aliphatic rings. The molecule has 0 bridgehead atoms. The fourth-order valence-corrected chi connectivity index (χ4v) is 1.39. The average molecular weight is 167 g/mol. The zero-order chi connectivity index (χ0) is 8.86. The summed E-state index contributed by atoms with van der Waals surface area (Å²) in [6.45, 7) is 4.93. The second-order valence-corrected chi connectivity index (χ2v) is 3.60. The first-order chi connectivity index (χ1) is 5.77. The molecule has 0 aliphatic carbocycles. The highest BCUT2D eigenvalue weighted by atomic mass is 16.5. The highest BCUT2D eigenvalue weighted by Crippen LogP contribution is 2.16. The molecule has 0 aromatic heterocycles. The summed E-state index contributed by atoms with van der Waals surface area (Å²) in [6.07, 6.45) is 8.19. The van der Waals surface area contributed by atoms with Crippen LogP contribution in [0, 0.1) is 12.3 Å². The fourth-order valence-electron chi connectivity index (χ4n) is 1.39. The summed E-state index contributed by atoms with van der Waals surface area (Å²) in [6, 6.07) is 0. The summed E-state index contributed by atoms with van der Waals surface area (Å²) >= 11 is 0. The average Bonchev–Trinajstić information content (AvgIpc) is 2.47. The molecule has 1 fully saturated rings. The molecule has 0 saturated carbocycles. The van der Waals surface area contributed by atoms with E-state index in [1.807, 2.05) is 0 Å². The van der Waals surface area contributed by atoms with Gasteiger partial charge in [0.05, 0.1) is 6.61 Å². The van der Waals surface area contributed by atoms with Crippen molar-refractivity contribution in [1.29, 1.82) is 0 Å². The van der Waals surface area contributed by atoms with Crippen molar-refractivity contribution >= 4 is 0 Å². The molecule has 0 spiro atoms. The van der Waals surface area contributed by atoms with Crippen LogP contribution in [0.3, 0.4) is 0 Å². The number of hydrogen-bond acceptors (Lipinski definition) is 2. The van der Waals surface area contributed by atoms with Crippen LogP contribution in [-0.2, 0) is 4.74 Å². The maximum atomic E-state index is 5.31. The number of nitrogens with one attached hydrogen (secondary N) is 1. The molecule has 68 valence electrons. The van der Waals surface area contributed by atoms with Gasteiger partial charge in [-0.15, -0.1) is 12.3 Å². The van der Waals surface area contributed by atoms with Gasteiger partial charge in [0, 0.05) is 18.6 Å². The molecule has 1 unspecified atom stereocenters. The van der Waals surface area contributed by atoms with Gasteiger partial charge in [-0.05, 0) is 26.3 Å². The molecule has 1 N–H and O–H groups in total. The molecular weight excluding hydrogens is 150 g/mol. The summed E-state index contributed by atoms with van der Waals surface area (Å²) in [5, 5.41) is 3.47. The predicted molar refractivity (Wildman–Crippen MR) is 49.9 cm³/mol.